The molecule has 0 spiro atoms. The van der Waals surface area contributed by atoms with Crippen LogP contribution in [0.15, 0.2) is 36.5 Å². The number of fused-ring (bicyclic) bond motifs is 1. The number of hydrogen-bond acceptors (Lipinski definition) is 6. The van der Waals surface area contributed by atoms with Gasteiger partial charge in [-0.2, -0.15) is 0 Å². The molecular formula is C19H19N5O3. The number of hydrogen-bond donors (Lipinski definition) is 3. The van der Waals surface area contributed by atoms with Crippen LogP contribution in [0.3, 0.4) is 0 Å². The number of carbonyl (C=O) groups is 3. The van der Waals surface area contributed by atoms with Crippen molar-refractivity contribution in [2.24, 2.45) is 0 Å². The van der Waals surface area contributed by atoms with E-state index < -0.39 is 11.9 Å². The number of nitrogens with two attached hydrogens (primary N) is 1. The number of anilines is 2. The minimum atomic E-state index is -0.607. The lowest BCUT2D eigenvalue weighted by Crippen LogP contribution is -2.52. The minimum absolute atomic E-state index is 0.171. The lowest BCUT2D eigenvalue weighted by molar-refractivity contribution is -0.136. The summed E-state index contributed by atoms with van der Waals surface area (Å²) in [6.45, 7) is 0.878. The van der Waals surface area contributed by atoms with Gasteiger partial charge in [0, 0.05) is 25.1 Å². The maximum Gasteiger partial charge on any atom is 0.255 e. The molecule has 2 aliphatic rings. The number of nitrogen functional groups attached to an aromatic ring is 1. The highest BCUT2D eigenvalue weighted by Crippen LogP contribution is 2.30. The second-order valence-corrected chi connectivity index (χ2v) is 6.67. The fraction of sp³-hybridized carbons (Fsp3) is 0.263. The summed E-state index contributed by atoms with van der Waals surface area (Å²) in [5.41, 5.74) is 8.91. The summed E-state index contributed by atoms with van der Waals surface area (Å²) >= 11 is 0. The zero-order valence-corrected chi connectivity index (χ0v) is 14.6. The molecule has 4 rings (SSSR count). The third-order valence-corrected chi connectivity index (χ3v) is 4.95. The predicted octanol–water partition coefficient (Wildman–Crippen LogP) is 1.04. The van der Waals surface area contributed by atoms with E-state index in [9.17, 15) is 14.4 Å². The Bertz CT molecular complexity index is 925. The van der Waals surface area contributed by atoms with E-state index in [0.717, 1.165) is 16.8 Å². The van der Waals surface area contributed by atoms with Crippen LogP contribution in [0.5, 0.6) is 0 Å². The summed E-state index contributed by atoms with van der Waals surface area (Å²) < 4.78 is 0. The van der Waals surface area contributed by atoms with Crippen LogP contribution in [-0.2, 0) is 22.7 Å². The van der Waals surface area contributed by atoms with Gasteiger partial charge >= 0.3 is 0 Å². The molecule has 0 saturated carbocycles. The number of amides is 3. The molecule has 0 aliphatic carbocycles. The molecule has 1 saturated heterocycles. The van der Waals surface area contributed by atoms with Gasteiger partial charge in [-0.15, -0.1) is 0 Å². The summed E-state index contributed by atoms with van der Waals surface area (Å²) in [7, 11) is 0. The van der Waals surface area contributed by atoms with E-state index in [0.29, 0.717) is 30.9 Å². The largest absolute Gasteiger partial charge is 0.384 e. The fourth-order valence-corrected chi connectivity index (χ4v) is 3.52. The number of rotatable bonds is 4. The van der Waals surface area contributed by atoms with E-state index in [1.807, 2.05) is 18.2 Å². The summed E-state index contributed by atoms with van der Waals surface area (Å²) in [5.74, 6) is -0.412. The fourth-order valence-electron chi connectivity index (χ4n) is 3.52. The summed E-state index contributed by atoms with van der Waals surface area (Å²) in [4.78, 5) is 41.9. The summed E-state index contributed by atoms with van der Waals surface area (Å²) in [5, 5.41) is 5.59. The number of piperidine rings is 1. The molecule has 8 heteroatoms. The second-order valence-electron chi connectivity index (χ2n) is 6.67. The van der Waals surface area contributed by atoms with Crippen LogP contribution in [0.25, 0.3) is 0 Å². The van der Waals surface area contributed by atoms with E-state index in [1.165, 1.54) is 0 Å². The van der Waals surface area contributed by atoms with Gasteiger partial charge in [0.2, 0.25) is 11.8 Å². The molecule has 1 aromatic heterocycles. The van der Waals surface area contributed by atoms with Gasteiger partial charge in [0.15, 0.2) is 0 Å². The van der Waals surface area contributed by atoms with Crippen molar-refractivity contribution >= 4 is 29.2 Å². The molecule has 2 aliphatic heterocycles. The number of benzene rings is 1. The first-order chi connectivity index (χ1) is 13.0. The minimum Gasteiger partial charge on any atom is -0.384 e. The highest BCUT2D eigenvalue weighted by atomic mass is 16.2. The molecule has 2 aromatic rings. The van der Waals surface area contributed by atoms with Crippen molar-refractivity contribution in [2.45, 2.75) is 32.0 Å². The third-order valence-electron chi connectivity index (χ3n) is 4.95. The average molecular weight is 365 g/mol. The normalized spacial score (nSPS) is 19.0. The summed E-state index contributed by atoms with van der Waals surface area (Å²) in [6, 6.07) is 8.52. The van der Waals surface area contributed by atoms with Gasteiger partial charge in [-0.05, 0) is 35.7 Å². The lowest BCUT2D eigenvalue weighted by atomic mass is 10.0. The zero-order chi connectivity index (χ0) is 19.0. The Morgan fingerprint density at radius 1 is 1.22 bits per heavy atom. The molecule has 8 nitrogen and oxygen atoms in total. The van der Waals surface area contributed by atoms with Crippen LogP contribution >= 0.6 is 0 Å². The Labute approximate surface area is 155 Å². The molecule has 3 amide bonds. The van der Waals surface area contributed by atoms with Gasteiger partial charge in [-0.3, -0.25) is 19.7 Å². The lowest BCUT2D eigenvalue weighted by Gasteiger charge is -2.29. The van der Waals surface area contributed by atoms with Crippen molar-refractivity contribution in [3.8, 4) is 0 Å². The number of pyridine rings is 1. The van der Waals surface area contributed by atoms with Crippen LogP contribution in [0.4, 0.5) is 11.5 Å². The van der Waals surface area contributed by atoms with E-state index in [4.69, 9.17) is 5.73 Å². The van der Waals surface area contributed by atoms with Crippen molar-refractivity contribution in [3.63, 3.8) is 0 Å². The van der Waals surface area contributed by atoms with Gasteiger partial charge < -0.3 is 16.0 Å². The summed E-state index contributed by atoms with van der Waals surface area (Å²) in [6.07, 6.45) is 2.25. The molecule has 4 N–H and O–H groups in total. The van der Waals surface area contributed by atoms with Crippen molar-refractivity contribution in [1.82, 2.24) is 15.2 Å². The molecule has 1 aromatic carbocycles. The molecule has 0 bridgehead atoms. The molecule has 0 radical (unpaired) electrons. The van der Waals surface area contributed by atoms with Crippen molar-refractivity contribution < 1.29 is 14.4 Å². The quantitative estimate of drug-likeness (QED) is 0.697. The van der Waals surface area contributed by atoms with Gasteiger partial charge in [0.05, 0.1) is 11.9 Å². The number of nitrogens with one attached hydrogen (secondary N) is 2. The zero-order valence-electron chi connectivity index (χ0n) is 14.6. The molecular weight excluding hydrogens is 346 g/mol. The van der Waals surface area contributed by atoms with Gasteiger partial charge in [0.1, 0.15) is 11.9 Å². The third kappa shape index (κ3) is 3.21. The van der Waals surface area contributed by atoms with Crippen LogP contribution in [-0.4, -0.2) is 33.6 Å². The second kappa shape index (κ2) is 6.71. The van der Waals surface area contributed by atoms with Crippen LogP contribution in [0, 0.1) is 0 Å². The van der Waals surface area contributed by atoms with Crippen molar-refractivity contribution in [3.05, 3.63) is 53.2 Å². The van der Waals surface area contributed by atoms with Crippen LogP contribution < -0.4 is 16.4 Å². The molecule has 138 valence electrons. The first-order valence-corrected chi connectivity index (χ1v) is 8.74. The molecule has 3 heterocycles. The van der Waals surface area contributed by atoms with E-state index in [1.54, 1.807) is 23.2 Å². The van der Waals surface area contributed by atoms with E-state index >= 15 is 0 Å². The van der Waals surface area contributed by atoms with Crippen LogP contribution in [0.2, 0.25) is 0 Å². The number of imide groups is 1. The number of carbonyl (C=O) groups excluding carboxylic acids is 3. The van der Waals surface area contributed by atoms with E-state index in [2.05, 4.69) is 15.6 Å². The molecule has 1 atom stereocenters. The smallest absolute Gasteiger partial charge is 0.255 e. The predicted molar refractivity (Wildman–Crippen MR) is 98.5 cm³/mol. The maximum absolute atomic E-state index is 12.8. The number of aromatic nitrogens is 1. The monoisotopic (exact) mass is 365 g/mol. The Hall–Kier alpha value is -3.42. The highest BCUT2D eigenvalue weighted by Gasteiger charge is 2.39. The molecule has 1 unspecified atom stereocenters. The highest BCUT2D eigenvalue weighted by molar-refractivity contribution is 6.05. The standard InChI is InChI=1S/C19H19N5O3/c20-16-6-4-12(9-22-16)21-8-11-2-1-3-13-14(11)10-24(19(13)27)15-5-7-17(25)23-18(15)26/h1-4,6,9,15,21H,5,7-8,10H2,(H2,20,22)(H,23,25,26). The Morgan fingerprint density at radius 3 is 2.81 bits per heavy atom. The Morgan fingerprint density at radius 2 is 2.07 bits per heavy atom. The number of nitrogens with zero attached hydrogens (tertiary/aromatic N) is 2. The Kier molecular flexibility index (Phi) is 4.23. The van der Waals surface area contributed by atoms with E-state index in [-0.39, 0.29) is 18.2 Å². The van der Waals surface area contributed by atoms with Gasteiger partial charge in [0.25, 0.3) is 5.91 Å². The Balaban J connectivity index is 1.53. The first kappa shape index (κ1) is 17.0. The topological polar surface area (TPSA) is 117 Å². The van der Waals surface area contributed by atoms with Crippen molar-refractivity contribution in [2.75, 3.05) is 11.1 Å². The van der Waals surface area contributed by atoms with Crippen molar-refractivity contribution in [1.29, 1.82) is 0 Å². The molecule has 27 heavy (non-hydrogen) atoms. The maximum atomic E-state index is 12.8. The van der Waals surface area contributed by atoms with Gasteiger partial charge in [-0.1, -0.05) is 12.1 Å². The van der Waals surface area contributed by atoms with Gasteiger partial charge in [-0.25, -0.2) is 4.98 Å². The van der Waals surface area contributed by atoms with Crippen LogP contribution in [0.1, 0.15) is 34.3 Å². The first-order valence-electron chi connectivity index (χ1n) is 8.74. The average Bonchev–Trinajstić information content (AvgIpc) is 2.99. The molecule has 1 fully saturated rings. The SMILES string of the molecule is Nc1ccc(NCc2cccc3c2CN(C2CCC(=O)NC2=O)C3=O)cn1.